The number of nitrogens with one attached hydrogen (secondary N) is 2. The lowest BCUT2D eigenvalue weighted by Gasteiger charge is -2.31. The van der Waals surface area contributed by atoms with E-state index in [1.54, 1.807) is 4.57 Å². The molecule has 0 spiro atoms. The van der Waals surface area contributed by atoms with Gasteiger partial charge in [0.05, 0.1) is 0 Å². The molecular formula is C13H23N5O2S. The Morgan fingerprint density at radius 3 is 2.76 bits per heavy atom. The second-order valence-electron chi connectivity index (χ2n) is 5.70. The highest BCUT2D eigenvalue weighted by atomic mass is 32.2. The highest BCUT2D eigenvalue weighted by molar-refractivity contribution is 7.99. The third kappa shape index (κ3) is 3.16. The molecule has 0 radical (unpaired) electrons. The van der Waals surface area contributed by atoms with Crippen molar-refractivity contribution in [3.8, 4) is 0 Å². The topological polar surface area (TPSA) is 106 Å². The van der Waals surface area contributed by atoms with Crippen LogP contribution in [0.25, 0.3) is 0 Å². The first-order valence-corrected chi connectivity index (χ1v) is 8.25. The van der Waals surface area contributed by atoms with E-state index in [9.17, 15) is 9.59 Å². The van der Waals surface area contributed by atoms with Crippen molar-refractivity contribution in [3.05, 3.63) is 10.5 Å². The van der Waals surface area contributed by atoms with Crippen LogP contribution in [-0.2, 0) is 4.79 Å². The molecule has 0 aliphatic heterocycles. The molecule has 0 aromatic carbocycles. The zero-order valence-corrected chi connectivity index (χ0v) is 13.5. The van der Waals surface area contributed by atoms with Gasteiger partial charge in [-0.1, -0.05) is 18.7 Å². The highest BCUT2D eigenvalue weighted by Gasteiger charge is 2.49. The van der Waals surface area contributed by atoms with Crippen LogP contribution in [0.15, 0.2) is 9.95 Å². The summed E-state index contributed by atoms with van der Waals surface area (Å²) in [5, 5.41) is 10.4. The number of hydrogen-bond acceptors (Lipinski definition) is 5. The van der Waals surface area contributed by atoms with Gasteiger partial charge in [0.2, 0.25) is 5.91 Å². The molecule has 7 nitrogen and oxygen atoms in total. The van der Waals surface area contributed by atoms with Crippen molar-refractivity contribution in [2.75, 3.05) is 12.3 Å². The molecule has 1 saturated carbocycles. The number of rotatable bonds is 8. The minimum absolute atomic E-state index is 0.0155. The number of likely N-dealkylation sites (N-methyl/N-ethyl adjacent to an activating group) is 1. The molecule has 1 unspecified atom stereocenters. The monoisotopic (exact) mass is 313 g/mol. The number of nitrogens with zero attached hydrogens (tertiary/aromatic N) is 2. The molecule has 0 bridgehead atoms. The van der Waals surface area contributed by atoms with Gasteiger partial charge in [-0.3, -0.25) is 9.36 Å². The summed E-state index contributed by atoms with van der Waals surface area (Å²) in [5.74, 6) is 0.437. The summed E-state index contributed by atoms with van der Waals surface area (Å²) in [6, 6.07) is 0.0155. The van der Waals surface area contributed by atoms with E-state index in [0.717, 1.165) is 12.8 Å². The van der Waals surface area contributed by atoms with E-state index in [2.05, 4.69) is 15.5 Å². The molecule has 118 valence electrons. The number of aromatic amines is 1. The molecule has 4 N–H and O–H groups in total. The van der Waals surface area contributed by atoms with Crippen LogP contribution >= 0.6 is 11.8 Å². The second-order valence-corrected chi connectivity index (χ2v) is 6.65. The quantitative estimate of drug-likeness (QED) is 0.606. The van der Waals surface area contributed by atoms with Crippen molar-refractivity contribution < 1.29 is 4.79 Å². The van der Waals surface area contributed by atoms with Gasteiger partial charge in [-0.2, -0.15) is 0 Å². The second kappa shape index (κ2) is 6.23. The third-order valence-electron chi connectivity index (χ3n) is 3.82. The van der Waals surface area contributed by atoms with E-state index in [0.29, 0.717) is 17.5 Å². The Balaban J connectivity index is 2.19. The smallest absolute Gasteiger partial charge is 0.344 e. The van der Waals surface area contributed by atoms with Gasteiger partial charge in [-0.15, -0.1) is 5.10 Å². The van der Waals surface area contributed by atoms with Gasteiger partial charge < -0.3 is 11.1 Å². The Morgan fingerprint density at radius 2 is 2.29 bits per heavy atom. The Morgan fingerprint density at radius 1 is 1.62 bits per heavy atom. The van der Waals surface area contributed by atoms with E-state index >= 15 is 0 Å². The summed E-state index contributed by atoms with van der Waals surface area (Å²) in [7, 11) is 0. The van der Waals surface area contributed by atoms with E-state index in [-0.39, 0.29) is 23.6 Å². The van der Waals surface area contributed by atoms with Gasteiger partial charge in [0, 0.05) is 11.8 Å². The number of H-pyrrole nitrogens is 1. The van der Waals surface area contributed by atoms with Crippen molar-refractivity contribution in [1.82, 2.24) is 20.1 Å². The van der Waals surface area contributed by atoms with Gasteiger partial charge in [-0.05, 0) is 39.2 Å². The lowest BCUT2D eigenvalue weighted by atomic mass is 9.94. The van der Waals surface area contributed by atoms with E-state index in [1.807, 2.05) is 20.8 Å². The lowest BCUT2D eigenvalue weighted by molar-refractivity contribution is -0.124. The highest BCUT2D eigenvalue weighted by Crippen LogP contribution is 2.42. The fourth-order valence-electron chi connectivity index (χ4n) is 2.59. The molecule has 2 rings (SSSR count). The van der Waals surface area contributed by atoms with Crippen molar-refractivity contribution in [1.29, 1.82) is 0 Å². The van der Waals surface area contributed by atoms with Crippen molar-refractivity contribution in [2.45, 2.75) is 50.4 Å². The molecule has 0 saturated heterocycles. The number of primary amides is 1. The predicted octanol–water partition coefficient (Wildman–Crippen LogP) is 0.488. The lowest BCUT2D eigenvalue weighted by Crippen LogP contribution is -2.59. The van der Waals surface area contributed by atoms with Crippen LogP contribution in [-0.4, -0.2) is 38.5 Å². The van der Waals surface area contributed by atoms with Gasteiger partial charge in [0.25, 0.3) is 0 Å². The summed E-state index contributed by atoms with van der Waals surface area (Å²) in [6.07, 6.45) is 2.02. The van der Waals surface area contributed by atoms with E-state index in [4.69, 9.17) is 5.73 Å². The normalized spacial score (nSPS) is 17.9. The number of aromatic nitrogens is 3. The maximum atomic E-state index is 12.0. The summed E-state index contributed by atoms with van der Waals surface area (Å²) < 4.78 is 1.59. The molecule has 1 atom stereocenters. The minimum Gasteiger partial charge on any atom is -0.368 e. The summed E-state index contributed by atoms with van der Waals surface area (Å²) in [5.41, 5.74) is 4.71. The molecule has 1 aromatic rings. The van der Waals surface area contributed by atoms with Crippen molar-refractivity contribution >= 4 is 17.7 Å². The largest absolute Gasteiger partial charge is 0.368 e. The third-order valence-corrected chi connectivity index (χ3v) is 4.97. The first-order valence-electron chi connectivity index (χ1n) is 7.27. The molecule has 1 fully saturated rings. The predicted molar refractivity (Wildman–Crippen MR) is 82.3 cm³/mol. The Bertz CT molecular complexity index is 563. The van der Waals surface area contributed by atoms with Crippen LogP contribution < -0.4 is 16.7 Å². The molecule has 21 heavy (non-hydrogen) atoms. The average molecular weight is 313 g/mol. The van der Waals surface area contributed by atoms with Crippen LogP contribution in [0.1, 0.15) is 39.7 Å². The van der Waals surface area contributed by atoms with Gasteiger partial charge in [-0.25, -0.2) is 9.89 Å². The van der Waals surface area contributed by atoms with Gasteiger partial charge in [0.1, 0.15) is 5.54 Å². The first-order chi connectivity index (χ1) is 9.92. The minimum atomic E-state index is -0.712. The fourth-order valence-corrected chi connectivity index (χ4v) is 3.97. The number of amides is 1. The molecule has 1 aromatic heterocycles. The van der Waals surface area contributed by atoms with Gasteiger partial charge >= 0.3 is 5.69 Å². The summed E-state index contributed by atoms with van der Waals surface area (Å²) in [6.45, 7) is 6.49. The number of nitrogens with two attached hydrogens (primary N) is 1. The molecule has 1 heterocycles. The van der Waals surface area contributed by atoms with Gasteiger partial charge in [0.15, 0.2) is 5.16 Å². The SMILES string of the molecule is CCNC(CSc1n[nH]c(=O)n1C(C)C)(C(N)=O)C1CC1. The van der Waals surface area contributed by atoms with Crippen LogP contribution in [0.2, 0.25) is 0 Å². The zero-order valence-electron chi connectivity index (χ0n) is 12.7. The fraction of sp³-hybridized carbons (Fsp3) is 0.769. The first kappa shape index (κ1) is 16.1. The molecule has 1 amide bonds. The van der Waals surface area contributed by atoms with Crippen LogP contribution in [0.5, 0.6) is 0 Å². The Labute approximate surface area is 128 Å². The molecule has 1 aliphatic carbocycles. The Kier molecular flexibility index (Phi) is 4.77. The zero-order chi connectivity index (χ0) is 15.6. The summed E-state index contributed by atoms with van der Waals surface area (Å²) in [4.78, 5) is 23.7. The number of carbonyl (C=O) groups is 1. The molecule has 1 aliphatic rings. The van der Waals surface area contributed by atoms with Crippen LogP contribution in [0.4, 0.5) is 0 Å². The number of thioether (sulfide) groups is 1. The standard InChI is InChI=1S/C13H23N5O2S/c1-4-15-13(10(14)19,9-5-6-9)7-21-12-17-16-11(20)18(12)8(2)3/h8-9,15H,4-7H2,1-3H3,(H2,14,19)(H,16,20). The Hall–Kier alpha value is -1.28. The maximum Gasteiger partial charge on any atom is 0.344 e. The van der Waals surface area contributed by atoms with E-state index in [1.165, 1.54) is 11.8 Å². The summed E-state index contributed by atoms with van der Waals surface area (Å²) >= 11 is 1.40. The van der Waals surface area contributed by atoms with E-state index < -0.39 is 5.54 Å². The average Bonchev–Trinajstić information content (AvgIpc) is 3.18. The van der Waals surface area contributed by atoms with Crippen molar-refractivity contribution in [2.24, 2.45) is 11.7 Å². The van der Waals surface area contributed by atoms with Crippen LogP contribution in [0, 0.1) is 5.92 Å². The maximum absolute atomic E-state index is 12.0. The molecular weight excluding hydrogens is 290 g/mol. The van der Waals surface area contributed by atoms with Crippen LogP contribution in [0.3, 0.4) is 0 Å². The number of hydrogen-bond donors (Lipinski definition) is 3. The molecule has 8 heteroatoms. The van der Waals surface area contributed by atoms with Crippen molar-refractivity contribution in [3.63, 3.8) is 0 Å². The number of carbonyl (C=O) groups excluding carboxylic acids is 1.